The smallest absolute Gasteiger partial charge is 0.298 e. The van der Waals surface area contributed by atoms with Gasteiger partial charge in [-0.25, -0.2) is 4.98 Å². The van der Waals surface area contributed by atoms with Gasteiger partial charge in [0, 0.05) is 49.0 Å². The second-order valence-electron chi connectivity index (χ2n) is 7.08. The van der Waals surface area contributed by atoms with Crippen molar-refractivity contribution in [2.45, 2.75) is 26.3 Å². The van der Waals surface area contributed by atoms with Crippen LogP contribution in [0.2, 0.25) is 5.02 Å². The summed E-state index contributed by atoms with van der Waals surface area (Å²) in [6.07, 6.45) is 3.33. The Labute approximate surface area is 162 Å². The zero-order valence-electron chi connectivity index (χ0n) is 15.4. The number of nitrogens with one attached hydrogen (secondary N) is 1. The number of benzene rings is 1. The number of H-pyrrole nitrogens is 1. The summed E-state index contributed by atoms with van der Waals surface area (Å²) >= 11 is 6.01. The summed E-state index contributed by atoms with van der Waals surface area (Å²) in [5.41, 5.74) is 2.48. The van der Waals surface area contributed by atoms with Gasteiger partial charge in [0.15, 0.2) is 5.58 Å². The number of imidazole rings is 1. The van der Waals surface area contributed by atoms with E-state index in [0.29, 0.717) is 23.2 Å². The number of anilines is 1. The van der Waals surface area contributed by atoms with Crippen LogP contribution in [0, 0.1) is 12.8 Å². The van der Waals surface area contributed by atoms with Gasteiger partial charge in [0.1, 0.15) is 11.3 Å². The molecule has 0 atom stereocenters. The maximum absolute atomic E-state index is 12.7. The third-order valence-corrected chi connectivity index (χ3v) is 5.21. The summed E-state index contributed by atoms with van der Waals surface area (Å²) in [5, 5.41) is 0.629. The van der Waals surface area contributed by atoms with Gasteiger partial charge in [-0.05, 0) is 31.9 Å². The third-order valence-electron chi connectivity index (χ3n) is 4.97. The fraction of sp³-hybridized carbons (Fsp3) is 0.421. The van der Waals surface area contributed by atoms with Crippen LogP contribution in [-0.2, 0) is 11.3 Å². The molecule has 0 radical (unpaired) electrons. The van der Waals surface area contributed by atoms with E-state index >= 15 is 0 Å². The van der Waals surface area contributed by atoms with Gasteiger partial charge in [-0.15, -0.1) is 0 Å². The topological polar surface area (TPSA) is 78.3 Å². The molecule has 1 fully saturated rings. The normalized spacial score (nSPS) is 15.4. The van der Waals surface area contributed by atoms with E-state index in [4.69, 9.17) is 16.0 Å². The average Bonchev–Trinajstić information content (AvgIpc) is 3.26. The molecule has 2 aromatic heterocycles. The number of piperidine rings is 1. The number of fused-ring (bicyclic) bond motifs is 1. The Morgan fingerprint density at radius 2 is 2.19 bits per heavy atom. The van der Waals surface area contributed by atoms with Gasteiger partial charge in [0.25, 0.3) is 6.01 Å². The van der Waals surface area contributed by atoms with Crippen LogP contribution in [0.5, 0.6) is 0 Å². The van der Waals surface area contributed by atoms with E-state index in [1.165, 1.54) is 0 Å². The molecule has 4 rings (SSSR count). The zero-order valence-corrected chi connectivity index (χ0v) is 16.2. The maximum Gasteiger partial charge on any atom is 0.298 e. The van der Waals surface area contributed by atoms with E-state index in [2.05, 4.69) is 19.9 Å². The van der Waals surface area contributed by atoms with Crippen LogP contribution in [0.25, 0.3) is 11.1 Å². The quantitative estimate of drug-likeness (QED) is 0.742. The van der Waals surface area contributed by atoms with E-state index in [1.54, 1.807) is 23.2 Å². The summed E-state index contributed by atoms with van der Waals surface area (Å²) in [6.45, 7) is 3.93. The molecule has 0 spiro atoms. The minimum atomic E-state index is 0.0149. The standard InChI is InChI=1S/C19H22ClN5O2/c1-12-10-21-17(22-12)11-24(2)18(26)13-5-7-25(8-6-13)19-23-15-4-3-14(20)9-16(15)27-19/h3-4,9-10,13H,5-8,11H2,1-2H3,(H,21,22). The second-order valence-corrected chi connectivity index (χ2v) is 7.51. The Balaban J connectivity index is 1.36. The Bertz CT molecular complexity index is 958. The fourth-order valence-corrected chi connectivity index (χ4v) is 3.66. The van der Waals surface area contributed by atoms with Crippen LogP contribution in [0.3, 0.4) is 0 Å². The number of amides is 1. The Morgan fingerprint density at radius 1 is 1.41 bits per heavy atom. The molecule has 8 heteroatoms. The molecule has 1 aliphatic heterocycles. The van der Waals surface area contributed by atoms with E-state index in [1.807, 2.05) is 20.0 Å². The lowest BCUT2D eigenvalue weighted by atomic mass is 9.95. The van der Waals surface area contributed by atoms with Gasteiger partial charge < -0.3 is 19.2 Å². The molecule has 1 aliphatic rings. The van der Waals surface area contributed by atoms with Crippen molar-refractivity contribution in [2.24, 2.45) is 5.92 Å². The number of aromatic nitrogens is 3. The number of nitrogens with zero attached hydrogens (tertiary/aromatic N) is 4. The van der Waals surface area contributed by atoms with Crippen molar-refractivity contribution < 1.29 is 9.21 Å². The highest BCUT2D eigenvalue weighted by atomic mass is 35.5. The molecule has 3 aromatic rings. The third kappa shape index (κ3) is 3.78. The largest absolute Gasteiger partial charge is 0.423 e. The van der Waals surface area contributed by atoms with E-state index in [-0.39, 0.29) is 11.8 Å². The van der Waals surface area contributed by atoms with Gasteiger partial charge in [-0.2, -0.15) is 4.98 Å². The van der Waals surface area contributed by atoms with E-state index < -0.39 is 0 Å². The molecule has 1 aromatic carbocycles. The predicted molar refractivity (Wildman–Crippen MR) is 104 cm³/mol. The number of rotatable bonds is 4. The average molecular weight is 388 g/mol. The fourth-order valence-electron chi connectivity index (χ4n) is 3.50. The lowest BCUT2D eigenvalue weighted by Gasteiger charge is -2.32. The first-order chi connectivity index (χ1) is 13.0. The van der Waals surface area contributed by atoms with Crippen molar-refractivity contribution in [1.82, 2.24) is 19.9 Å². The van der Waals surface area contributed by atoms with Crippen molar-refractivity contribution in [3.05, 3.63) is 40.9 Å². The first-order valence-electron chi connectivity index (χ1n) is 9.06. The molecular formula is C19H22ClN5O2. The van der Waals surface area contributed by atoms with Crippen LogP contribution in [0.4, 0.5) is 6.01 Å². The Morgan fingerprint density at radius 3 is 2.89 bits per heavy atom. The molecule has 1 saturated heterocycles. The summed E-state index contributed by atoms with van der Waals surface area (Å²) in [6, 6.07) is 6.02. The maximum atomic E-state index is 12.7. The summed E-state index contributed by atoms with van der Waals surface area (Å²) in [4.78, 5) is 28.6. The monoisotopic (exact) mass is 387 g/mol. The molecule has 1 amide bonds. The van der Waals surface area contributed by atoms with Crippen molar-refractivity contribution in [3.63, 3.8) is 0 Å². The number of hydrogen-bond donors (Lipinski definition) is 1. The predicted octanol–water partition coefficient (Wildman–Crippen LogP) is 3.39. The lowest BCUT2D eigenvalue weighted by Crippen LogP contribution is -2.41. The Kier molecular flexibility index (Phi) is 4.78. The first-order valence-corrected chi connectivity index (χ1v) is 9.44. The van der Waals surface area contributed by atoms with Gasteiger partial charge in [-0.3, -0.25) is 4.79 Å². The molecule has 0 saturated carbocycles. The van der Waals surface area contributed by atoms with Crippen molar-refractivity contribution in [3.8, 4) is 0 Å². The number of carbonyl (C=O) groups is 1. The van der Waals surface area contributed by atoms with Crippen molar-refractivity contribution in [1.29, 1.82) is 0 Å². The van der Waals surface area contributed by atoms with Crippen LogP contribution in [0.1, 0.15) is 24.4 Å². The minimum absolute atomic E-state index is 0.0149. The van der Waals surface area contributed by atoms with Gasteiger partial charge >= 0.3 is 0 Å². The van der Waals surface area contributed by atoms with Gasteiger partial charge in [-0.1, -0.05) is 11.6 Å². The van der Waals surface area contributed by atoms with Crippen LogP contribution in [0.15, 0.2) is 28.8 Å². The van der Waals surface area contributed by atoms with E-state index in [9.17, 15) is 4.79 Å². The molecule has 0 unspecified atom stereocenters. The zero-order chi connectivity index (χ0) is 19.0. The van der Waals surface area contributed by atoms with Crippen molar-refractivity contribution in [2.75, 3.05) is 25.0 Å². The SMILES string of the molecule is Cc1cnc(CN(C)C(=O)C2CCN(c3nc4ccc(Cl)cc4o3)CC2)[nH]1. The highest BCUT2D eigenvalue weighted by molar-refractivity contribution is 6.31. The number of halogens is 1. The van der Waals surface area contributed by atoms with Crippen molar-refractivity contribution >= 4 is 34.6 Å². The molecule has 3 heterocycles. The lowest BCUT2D eigenvalue weighted by molar-refractivity contribution is -0.135. The van der Waals surface area contributed by atoms with E-state index in [0.717, 1.165) is 43.0 Å². The molecule has 27 heavy (non-hydrogen) atoms. The molecular weight excluding hydrogens is 366 g/mol. The van der Waals surface area contributed by atoms with Gasteiger partial charge in [0.05, 0.1) is 6.54 Å². The number of hydrogen-bond acceptors (Lipinski definition) is 5. The molecule has 7 nitrogen and oxygen atoms in total. The summed E-state index contributed by atoms with van der Waals surface area (Å²) in [7, 11) is 1.83. The molecule has 0 bridgehead atoms. The van der Waals surface area contributed by atoms with Gasteiger partial charge in [0.2, 0.25) is 5.91 Å². The number of oxazole rings is 1. The summed E-state index contributed by atoms with van der Waals surface area (Å²) in [5.74, 6) is 0.986. The number of aromatic amines is 1. The molecule has 1 N–H and O–H groups in total. The first kappa shape index (κ1) is 17.9. The number of carbonyl (C=O) groups excluding carboxylic acids is 1. The van der Waals surface area contributed by atoms with Crippen LogP contribution < -0.4 is 4.90 Å². The highest BCUT2D eigenvalue weighted by Crippen LogP contribution is 2.28. The highest BCUT2D eigenvalue weighted by Gasteiger charge is 2.29. The molecule has 0 aliphatic carbocycles. The second kappa shape index (κ2) is 7.23. The molecule has 142 valence electrons. The minimum Gasteiger partial charge on any atom is -0.423 e. The Hall–Kier alpha value is -2.54. The number of aryl methyl sites for hydroxylation is 1. The van der Waals surface area contributed by atoms with Crippen LogP contribution >= 0.6 is 11.6 Å². The summed E-state index contributed by atoms with van der Waals surface area (Å²) < 4.78 is 5.84. The van der Waals surface area contributed by atoms with Crippen LogP contribution in [-0.4, -0.2) is 45.9 Å².